The predicted octanol–water partition coefficient (Wildman–Crippen LogP) is 7.27. The molecule has 4 nitrogen and oxygen atoms in total. The van der Waals surface area contributed by atoms with Crippen LogP contribution in [0.25, 0.3) is 23.9 Å². The van der Waals surface area contributed by atoms with E-state index < -0.39 is 0 Å². The molecule has 0 aliphatic carbocycles. The van der Waals surface area contributed by atoms with Gasteiger partial charge in [0.2, 0.25) is 0 Å². The quantitative estimate of drug-likeness (QED) is 0.225. The maximum atomic E-state index is 4.92. The summed E-state index contributed by atoms with van der Waals surface area (Å²) in [6, 6.07) is 16.9. The summed E-state index contributed by atoms with van der Waals surface area (Å²) in [6.45, 7) is 15.6. The summed E-state index contributed by atoms with van der Waals surface area (Å²) < 4.78 is 4.84. The van der Waals surface area contributed by atoms with Crippen LogP contribution in [0.3, 0.4) is 0 Å². The van der Waals surface area contributed by atoms with Crippen molar-refractivity contribution in [3.05, 3.63) is 122 Å². The standard InChI is InChI=1S/C38H44N4/c1-9-30-31(10-2)36(41(8)35(30)23-34-26(6)25(5)27(7)40-34)24-38-33(12-4)32(11-3)37(22-28-18-16-17-21-39-28)42(38)29-19-14-13-15-20-29/h13-24H,9-12H2,1-8H3/b34-23-,37-22-,38-24-. The predicted molar refractivity (Wildman–Crippen MR) is 179 cm³/mol. The monoisotopic (exact) mass is 556 g/mol. The first kappa shape index (κ1) is 29.3. The minimum absolute atomic E-state index is 0.955. The van der Waals surface area contributed by atoms with Gasteiger partial charge in [-0.1, -0.05) is 52.0 Å². The summed E-state index contributed by atoms with van der Waals surface area (Å²) in [5.74, 6) is 0. The van der Waals surface area contributed by atoms with Crippen molar-refractivity contribution in [3.63, 3.8) is 0 Å². The van der Waals surface area contributed by atoms with Crippen LogP contribution >= 0.6 is 0 Å². The Balaban J connectivity index is 1.88. The molecule has 216 valence electrons. The zero-order valence-electron chi connectivity index (χ0n) is 26.5. The van der Waals surface area contributed by atoms with E-state index in [-0.39, 0.29) is 0 Å². The molecule has 4 heteroatoms. The number of nitrogens with zero attached hydrogens (tertiary/aromatic N) is 4. The van der Waals surface area contributed by atoms with E-state index in [0.29, 0.717) is 0 Å². The van der Waals surface area contributed by atoms with E-state index in [2.05, 4.69) is 130 Å². The van der Waals surface area contributed by atoms with Crippen LogP contribution in [0.2, 0.25) is 0 Å². The lowest BCUT2D eigenvalue weighted by Crippen LogP contribution is -2.27. The van der Waals surface area contributed by atoms with Crippen molar-refractivity contribution >= 4 is 23.9 Å². The molecule has 3 aromatic heterocycles. The van der Waals surface area contributed by atoms with E-state index in [0.717, 1.165) is 48.5 Å². The Bertz CT molecular complexity index is 1820. The van der Waals surface area contributed by atoms with Gasteiger partial charge in [-0.2, -0.15) is 0 Å². The molecule has 0 N–H and O–H groups in total. The molecule has 42 heavy (non-hydrogen) atoms. The zero-order chi connectivity index (χ0) is 30.0. The average Bonchev–Trinajstić information content (AvgIpc) is 3.55. The summed E-state index contributed by atoms with van der Waals surface area (Å²) in [4.78, 5) is 9.59. The lowest BCUT2D eigenvalue weighted by Gasteiger charge is -2.08. The molecule has 0 saturated heterocycles. The molecule has 4 heterocycles. The van der Waals surface area contributed by atoms with Crippen LogP contribution in [-0.4, -0.2) is 19.8 Å². The molecular weight excluding hydrogens is 512 g/mol. The summed E-state index contributed by atoms with van der Waals surface area (Å²) in [6.07, 6.45) is 12.7. The summed E-state index contributed by atoms with van der Waals surface area (Å²) in [5.41, 5.74) is 15.0. The number of allylic oxidation sites excluding steroid dienone is 2. The normalized spacial score (nSPS) is 15.4. The van der Waals surface area contributed by atoms with Crippen molar-refractivity contribution < 1.29 is 0 Å². The molecule has 1 aliphatic rings. The number of benzene rings is 1. The molecule has 5 rings (SSSR count). The third-order valence-corrected chi connectivity index (χ3v) is 8.90. The Labute approximate surface area is 251 Å². The lowest BCUT2D eigenvalue weighted by atomic mass is 10.0. The van der Waals surface area contributed by atoms with Crippen molar-refractivity contribution in [1.82, 2.24) is 14.1 Å². The van der Waals surface area contributed by atoms with Crippen LogP contribution in [0.15, 0.2) is 76.6 Å². The van der Waals surface area contributed by atoms with Gasteiger partial charge < -0.3 is 9.13 Å². The third kappa shape index (κ3) is 5.15. The van der Waals surface area contributed by atoms with Gasteiger partial charge in [-0.3, -0.25) is 9.98 Å². The van der Waals surface area contributed by atoms with Gasteiger partial charge in [0.1, 0.15) is 0 Å². The topological polar surface area (TPSA) is 35.1 Å². The molecule has 0 bridgehead atoms. The Hall–Kier alpha value is -4.18. The molecular formula is C38H44N4. The van der Waals surface area contributed by atoms with E-state index in [9.17, 15) is 0 Å². The first-order valence-corrected chi connectivity index (χ1v) is 15.4. The number of aromatic nitrogens is 3. The molecule has 0 fully saturated rings. The van der Waals surface area contributed by atoms with E-state index in [1.54, 1.807) is 0 Å². The Morgan fingerprint density at radius 3 is 1.74 bits per heavy atom. The van der Waals surface area contributed by atoms with Crippen LogP contribution in [0, 0.1) is 0 Å². The van der Waals surface area contributed by atoms with Crippen LogP contribution < -0.4 is 10.7 Å². The van der Waals surface area contributed by atoms with E-state index in [4.69, 9.17) is 4.99 Å². The fourth-order valence-electron chi connectivity index (χ4n) is 6.47. The van der Waals surface area contributed by atoms with Gasteiger partial charge in [0.05, 0.1) is 22.1 Å². The highest BCUT2D eigenvalue weighted by molar-refractivity contribution is 6.03. The Morgan fingerprint density at radius 2 is 1.21 bits per heavy atom. The van der Waals surface area contributed by atoms with Crippen molar-refractivity contribution in [1.29, 1.82) is 0 Å². The number of pyridine rings is 1. The fraction of sp³-hybridized carbons (Fsp3) is 0.316. The highest BCUT2D eigenvalue weighted by atomic mass is 15.0. The third-order valence-electron chi connectivity index (χ3n) is 8.90. The zero-order valence-corrected chi connectivity index (χ0v) is 26.5. The molecule has 0 amide bonds. The van der Waals surface area contributed by atoms with E-state index in [1.807, 2.05) is 12.3 Å². The summed E-state index contributed by atoms with van der Waals surface area (Å²) >= 11 is 0. The highest BCUT2D eigenvalue weighted by Gasteiger charge is 2.21. The van der Waals surface area contributed by atoms with Gasteiger partial charge >= 0.3 is 0 Å². The second kappa shape index (κ2) is 12.4. The molecule has 0 spiro atoms. The van der Waals surface area contributed by atoms with E-state index >= 15 is 0 Å². The van der Waals surface area contributed by atoms with Crippen molar-refractivity contribution in [3.8, 4) is 5.69 Å². The van der Waals surface area contributed by atoms with Crippen LogP contribution in [0.5, 0.6) is 0 Å². The van der Waals surface area contributed by atoms with Gasteiger partial charge in [0.15, 0.2) is 0 Å². The molecule has 0 saturated carbocycles. The first-order chi connectivity index (χ1) is 20.3. The van der Waals surface area contributed by atoms with Crippen LogP contribution in [0.1, 0.15) is 87.8 Å². The number of rotatable bonds is 8. The smallest absolute Gasteiger partial charge is 0.0686 e. The highest BCUT2D eigenvalue weighted by Crippen LogP contribution is 2.31. The van der Waals surface area contributed by atoms with E-state index in [1.165, 1.54) is 55.5 Å². The SMILES string of the molecule is CCc1c(CC)c(/C=c2/c(CC)c(CC)/c(=C/c3ccccn3)n2-c2ccccc2)n(C)c1/C=C1\N=C(C)C(C)=C1C. The summed E-state index contributed by atoms with van der Waals surface area (Å²) in [7, 11) is 2.22. The van der Waals surface area contributed by atoms with Gasteiger partial charge in [-0.25, -0.2) is 0 Å². The van der Waals surface area contributed by atoms with Gasteiger partial charge in [-0.05, 0) is 122 Å². The van der Waals surface area contributed by atoms with Gasteiger partial charge in [0, 0.05) is 36.0 Å². The molecule has 4 aromatic rings. The maximum absolute atomic E-state index is 4.92. The van der Waals surface area contributed by atoms with Crippen molar-refractivity contribution in [2.45, 2.75) is 74.1 Å². The fourth-order valence-corrected chi connectivity index (χ4v) is 6.47. The largest absolute Gasteiger partial charge is 0.344 e. The minimum Gasteiger partial charge on any atom is -0.344 e. The number of para-hydroxylation sites is 1. The molecule has 1 aromatic carbocycles. The summed E-state index contributed by atoms with van der Waals surface area (Å²) in [5, 5.41) is 2.46. The lowest BCUT2D eigenvalue weighted by molar-refractivity contribution is 0.883. The Kier molecular flexibility index (Phi) is 8.63. The van der Waals surface area contributed by atoms with Crippen molar-refractivity contribution in [2.75, 3.05) is 0 Å². The average molecular weight is 557 g/mol. The van der Waals surface area contributed by atoms with Gasteiger partial charge in [-0.15, -0.1) is 0 Å². The second-order valence-electron chi connectivity index (χ2n) is 11.1. The minimum atomic E-state index is 0.955. The van der Waals surface area contributed by atoms with Crippen LogP contribution in [-0.2, 0) is 32.7 Å². The van der Waals surface area contributed by atoms with Gasteiger partial charge in [0.25, 0.3) is 0 Å². The molecule has 0 radical (unpaired) electrons. The molecule has 0 unspecified atom stereocenters. The van der Waals surface area contributed by atoms with Crippen LogP contribution in [0.4, 0.5) is 0 Å². The first-order valence-electron chi connectivity index (χ1n) is 15.4. The Morgan fingerprint density at radius 1 is 0.643 bits per heavy atom. The number of aliphatic imine (C=N–C) groups is 1. The number of hydrogen-bond acceptors (Lipinski definition) is 2. The molecule has 0 atom stereocenters. The number of hydrogen-bond donors (Lipinski definition) is 0. The molecule has 1 aliphatic heterocycles. The van der Waals surface area contributed by atoms with Crippen molar-refractivity contribution in [2.24, 2.45) is 12.0 Å². The maximum Gasteiger partial charge on any atom is 0.0686 e. The second-order valence-corrected chi connectivity index (χ2v) is 11.1.